The van der Waals surface area contributed by atoms with Gasteiger partial charge in [0.2, 0.25) is 0 Å². The standard InChI is InChI=1S/C4H4S.Zr/c1-2-4-5-3-1;/h1-4H;. The van der Waals surface area contributed by atoms with Crippen molar-refractivity contribution in [3.63, 3.8) is 0 Å². The SMILES string of the molecule is [Zr].c1ccsc1. The van der Waals surface area contributed by atoms with Gasteiger partial charge < -0.3 is 0 Å². The normalized spacial score (nSPS) is 6.67. The Labute approximate surface area is 60.3 Å². The molecule has 0 unspecified atom stereocenters. The number of thiophene rings is 1. The average molecular weight is 175 g/mol. The minimum atomic E-state index is 0. The van der Waals surface area contributed by atoms with Crippen LogP contribution in [0.25, 0.3) is 0 Å². The smallest absolute Gasteiger partial charge is 0 e. The molecule has 1 heterocycles. The zero-order valence-electron chi connectivity index (χ0n) is 3.22. The van der Waals surface area contributed by atoms with Gasteiger partial charge in [0.1, 0.15) is 0 Å². The summed E-state index contributed by atoms with van der Waals surface area (Å²) in [5.41, 5.74) is 0. The molecule has 2 heteroatoms. The maximum absolute atomic E-state index is 2.04. The van der Waals surface area contributed by atoms with E-state index in [1.807, 2.05) is 22.9 Å². The van der Waals surface area contributed by atoms with E-state index in [0.717, 1.165) is 0 Å². The van der Waals surface area contributed by atoms with Crippen LogP contribution < -0.4 is 0 Å². The Morgan fingerprint density at radius 3 is 1.67 bits per heavy atom. The monoisotopic (exact) mass is 174 g/mol. The third kappa shape index (κ3) is 1.89. The second kappa shape index (κ2) is 3.76. The summed E-state index contributed by atoms with van der Waals surface area (Å²) in [4.78, 5) is 0. The van der Waals surface area contributed by atoms with Crippen molar-refractivity contribution in [1.82, 2.24) is 0 Å². The van der Waals surface area contributed by atoms with Gasteiger partial charge in [-0.1, -0.05) is 12.1 Å². The van der Waals surface area contributed by atoms with E-state index in [2.05, 4.69) is 0 Å². The summed E-state index contributed by atoms with van der Waals surface area (Å²) in [5, 5.41) is 4.08. The van der Waals surface area contributed by atoms with Gasteiger partial charge in [-0.3, -0.25) is 0 Å². The summed E-state index contributed by atoms with van der Waals surface area (Å²) in [6.45, 7) is 0. The summed E-state index contributed by atoms with van der Waals surface area (Å²) in [6.07, 6.45) is 0. The molecule has 0 aliphatic rings. The first kappa shape index (κ1) is 6.58. The maximum atomic E-state index is 2.04. The molecule has 0 nitrogen and oxygen atoms in total. The van der Waals surface area contributed by atoms with E-state index < -0.39 is 0 Å². The summed E-state index contributed by atoms with van der Waals surface area (Å²) in [6, 6.07) is 4.04. The molecule has 30 valence electrons. The molecule has 0 saturated heterocycles. The number of rotatable bonds is 0. The van der Waals surface area contributed by atoms with Gasteiger partial charge in [-0.05, 0) is 10.8 Å². The maximum Gasteiger partial charge on any atom is 0 e. The summed E-state index contributed by atoms with van der Waals surface area (Å²) in [5.74, 6) is 0. The molecule has 0 aliphatic heterocycles. The van der Waals surface area contributed by atoms with Crippen molar-refractivity contribution in [3.8, 4) is 0 Å². The molecule has 1 rings (SSSR count). The van der Waals surface area contributed by atoms with Gasteiger partial charge in [0.25, 0.3) is 0 Å². The molecule has 1 aromatic heterocycles. The van der Waals surface area contributed by atoms with Crippen molar-refractivity contribution in [3.05, 3.63) is 22.9 Å². The first-order chi connectivity index (χ1) is 2.50. The second-order valence-electron chi connectivity index (χ2n) is 0.793. The molecule has 0 spiro atoms. The quantitative estimate of drug-likeness (QED) is 0.563. The Kier molecular flexibility index (Phi) is 4.13. The predicted molar refractivity (Wildman–Crippen MR) is 24.3 cm³/mol. The van der Waals surface area contributed by atoms with Crippen LogP contribution in [0.3, 0.4) is 0 Å². The fourth-order valence-electron chi connectivity index (χ4n) is 0.227. The molecule has 0 aliphatic carbocycles. The molecule has 0 fully saturated rings. The molecule has 0 radical (unpaired) electrons. The molecule has 0 aromatic carbocycles. The Morgan fingerprint density at radius 2 is 1.50 bits per heavy atom. The van der Waals surface area contributed by atoms with Crippen molar-refractivity contribution in [2.75, 3.05) is 0 Å². The van der Waals surface area contributed by atoms with Gasteiger partial charge in [0, 0.05) is 26.2 Å². The van der Waals surface area contributed by atoms with Gasteiger partial charge in [0.15, 0.2) is 0 Å². The Balaban J connectivity index is 0.000000250. The van der Waals surface area contributed by atoms with Gasteiger partial charge in [-0.2, -0.15) is 11.3 Å². The number of hydrogen-bond acceptors (Lipinski definition) is 1. The first-order valence-electron chi connectivity index (χ1n) is 1.47. The third-order valence-electron chi connectivity index (χ3n) is 0.425. The summed E-state index contributed by atoms with van der Waals surface area (Å²) < 4.78 is 0. The van der Waals surface area contributed by atoms with Crippen LogP contribution in [0.15, 0.2) is 22.9 Å². The summed E-state index contributed by atoms with van der Waals surface area (Å²) in [7, 11) is 0. The molecule has 0 amide bonds. The molecule has 1 aromatic rings. The topological polar surface area (TPSA) is 0 Å². The van der Waals surface area contributed by atoms with Crippen LogP contribution in [0.1, 0.15) is 0 Å². The molecule has 0 saturated carbocycles. The van der Waals surface area contributed by atoms with E-state index in [1.165, 1.54) is 0 Å². The van der Waals surface area contributed by atoms with Crippen molar-refractivity contribution < 1.29 is 26.2 Å². The fourth-order valence-corrected chi connectivity index (χ4v) is 0.680. The van der Waals surface area contributed by atoms with E-state index in [0.29, 0.717) is 0 Å². The summed E-state index contributed by atoms with van der Waals surface area (Å²) >= 11 is 1.71. The van der Waals surface area contributed by atoms with Crippen LogP contribution in [-0.4, -0.2) is 0 Å². The van der Waals surface area contributed by atoms with E-state index in [9.17, 15) is 0 Å². The van der Waals surface area contributed by atoms with Crippen molar-refractivity contribution in [1.29, 1.82) is 0 Å². The zero-order chi connectivity index (χ0) is 3.54. The van der Waals surface area contributed by atoms with Gasteiger partial charge in [-0.25, -0.2) is 0 Å². The Hall–Kier alpha value is 0.583. The fraction of sp³-hybridized carbons (Fsp3) is 0. The van der Waals surface area contributed by atoms with E-state index in [4.69, 9.17) is 0 Å². The first-order valence-corrected chi connectivity index (χ1v) is 2.41. The van der Waals surface area contributed by atoms with Crippen LogP contribution in [0.5, 0.6) is 0 Å². The zero-order valence-corrected chi connectivity index (χ0v) is 6.49. The molecule has 0 atom stereocenters. The largest absolute Gasteiger partial charge is 0.152 e. The average Bonchev–Trinajstić information content (AvgIpc) is 1.76. The molecular weight excluding hydrogens is 171 g/mol. The number of hydrogen-bond donors (Lipinski definition) is 0. The van der Waals surface area contributed by atoms with Gasteiger partial charge in [0.05, 0.1) is 0 Å². The van der Waals surface area contributed by atoms with Crippen LogP contribution in [-0.2, 0) is 26.2 Å². The van der Waals surface area contributed by atoms with Crippen LogP contribution >= 0.6 is 11.3 Å². The minimum Gasteiger partial charge on any atom is -0.152 e. The Morgan fingerprint density at radius 1 is 1.00 bits per heavy atom. The molecule has 0 bridgehead atoms. The Bertz CT molecular complexity index is 64.0. The van der Waals surface area contributed by atoms with Crippen LogP contribution in [0.2, 0.25) is 0 Å². The van der Waals surface area contributed by atoms with Gasteiger partial charge in [-0.15, -0.1) is 0 Å². The predicted octanol–water partition coefficient (Wildman–Crippen LogP) is 1.75. The third-order valence-corrected chi connectivity index (χ3v) is 1.05. The van der Waals surface area contributed by atoms with Crippen LogP contribution in [0, 0.1) is 0 Å². The molecule has 0 N–H and O–H groups in total. The van der Waals surface area contributed by atoms with Crippen molar-refractivity contribution in [2.45, 2.75) is 0 Å². The van der Waals surface area contributed by atoms with E-state index in [-0.39, 0.29) is 26.2 Å². The molecule has 6 heavy (non-hydrogen) atoms. The second-order valence-corrected chi connectivity index (χ2v) is 1.61. The minimum absolute atomic E-state index is 0. The molecular formula is C4H4SZr. The van der Waals surface area contributed by atoms with E-state index in [1.54, 1.807) is 11.3 Å². The van der Waals surface area contributed by atoms with E-state index >= 15 is 0 Å². The van der Waals surface area contributed by atoms with Crippen molar-refractivity contribution in [2.24, 2.45) is 0 Å². The van der Waals surface area contributed by atoms with Crippen LogP contribution in [0.4, 0.5) is 0 Å². The van der Waals surface area contributed by atoms with Crippen molar-refractivity contribution >= 4 is 11.3 Å². The van der Waals surface area contributed by atoms with Gasteiger partial charge >= 0.3 is 0 Å².